The van der Waals surface area contributed by atoms with Crippen LogP contribution in [0.5, 0.6) is 0 Å². The monoisotopic (exact) mass is 359 g/mol. The molecule has 0 radical (unpaired) electrons. The molecule has 1 fully saturated rings. The van der Waals surface area contributed by atoms with E-state index in [0.29, 0.717) is 6.04 Å². The molecular weight excluding hydrogens is 341 g/mol. The topological polar surface area (TPSA) is 29.1 Å². The van der Waals surface area contributed by atoms with E-state index in [4.69, 9.17) is 0 Å². The van der Waals surface area contributed by atoms with Crippen molar-refractivity contribution in [3.05, 3.63) is 27.3 Å². The fourth-order valence-electron chi connectivity index (χ4n) is 1.87. The van der Waals surface area contributed by atoms with Crippen LogP contribution in [-0.4, -0.2) is 20.0 Å². The average molecular weight is 359 g/mol. The minimum atomic E-state index is -1.47. The van der Waals surface area contributed by atoms with Crippen LogP contribution in [0.25, 0.3) is 0 Å². The van der Waals surface area contributed by atoms with E-state index in [9.17, 15) is 4.79 Å². The van der Waals surface area contributed by atoms with E-state index in [2.05, 4.69) is 59.7 Å². The van der Waals surface area contributed by atoms with E-state index in [1.165, 1.54) is 5.19 Å². The highest BCUT2D eigenvalue weighted by Gasteiger charge is 2.29. The minimum Gasteiger partial charge on any atom is -0.349 e. The van der Waals surface area contributed by atoms with Gasteiger partial charge in [0.05, 0.1) is 13.6 Å². The lowest BCUT2D eigenvalue weighted by atomic mass is 10.2. The first-order chi connectivity index (χ1) is 7.89. The van der Waals surface area contributed by atoms with Gasteiger partial charge in [0.15, 0.2) is 0 Å². The molecule has 1 aliphatic rings. The van der Waals surface area contributed by atoms with Gasteiger partial charge >= 0.3 is 0 Å². The third-order valence-corrected chi connectivity index (χ3v) is 5.89. The maximum Gasteiger partial charge on any atom is 0.252 e. The number of amides is 1. The lowest BCUT2D eigenvalue weighted by molar-refractivity contribution is 0.0951. The van der Waals surface area contributed by atoms with Crippen molar-refractivity contribution in [2.45, 2.75) is 38.5 Å². The number of carbonyl (C=O) groups is 1. The van der Waals surface area contributed by atoms with Crippen LogP contribution >= 0.6 is 22.6 Å². The van der Waals surface area contributed by atoms with Crippen LogP contribution in [-0.2, 0) is 0 Å². The average Bonchev–Trinajstić information content (AvgIpc) is 2.99. The van der Waals surface area contributed by atoms with E-state index in [0.717, 1.165) is 22.0 Å². The molecule has 1 N–H and O–H groups in total. The van der Waals surface area contributed by atoms with Crippen molar-refractivity contribution in [3.63, 3.8) is 0 Å². The number of hydrogen-bond donors (Lipinski definition) is 1. The van der Waals surface area contributed by atoms with E-state index in [-0.39, 0.29) is 5.91 Å². The second kappa shape index (κ2) is 4.72. The molecule has 92 valence electrons. The summed E-state index contributed by atoms with van der Waals surface area (Å²) < 4.78 is 1.07. The fourth-order valence-corrected chi connectivity index (χ4v) is 4.46. The summed E-state index contributed by atoms with van der Waals surface area (Å²) in [6.07, 6.45) is 2.27. The Labute approximate surface area is 117 Å². The molecule has 0 aliphatic heterocycles. The third-order valence-electron chi connectivity index (χ3n) is 2.96. The van der Waals surface area contributed by atoms with Gasteiger partial charge < -0.3 is 5.32 Å². The maximum absolute atomic E-state index is 12.3. The SMILES string of the molecule is C[Si](C)(C)c1cccc(I)c1C(=O)NC1CC1. The van der Waals surface area contributed by atoms with Crippen LogP contribution in [0.1, 0.15) is 23.2 Å². The highest BCUT2D eigenvalue weighted by molar-refractivity contribution is 14.1. The van der Waals surface area contributed by atoms with E-state index in [1.54, 1.807) is 0 Å². The molecule has 17 heavy (non-hydrogen) atoms. The number of benzene rings is 1. The normalized spacial score (nSPS) is 15.8. The lowest BCUT2D eigenvalue weighted by Crippen LogP contribution is -2.44. The molecule has 0 bridgehead atoms. The van der Waals surface area contributed by atoms with Crippen molar-refractivity contribution in [2.24, 2.45) is 0 Å². The summed E-state index contributed by atoms with van der Waals surface area (Å²) in [5.74, 6) is 0.120. The Morgan fingerprint density at radius 3 is 2.53 bits per heavy atom. The van der Waals surface area contributed by atoms with Gasteiger partial charge in [-0.15, -0.1) is 0 Å². The number of carbonyl (C=O) groups excluding carboxylic acids is 1. The van der Waals surface area contributed by atoms with Gasteiger partial charge in [-0.3, -0.25) is 4.79 Å². The number of halogens is 1. The van der Waals surface area contributed by atoms with Crippen molar-refractivity contribution in [1.29, 1.82) is 0 Å². The number of nitrogens with one attached hydrogen (secondary N) is 1. The Hall–Kier alpha value is -0.363. The second-order valence-corrected chi connectivity index (χ2v) is 11.9. The van der Waals surface area contributed by atoms with Gasteiger partial charge in [0, 0.05) is 9.61 Å². The van der Waals surface area contributed by atoms with Crippen LogP contribution < -0.4 is 10.5 Å². The highest BCUT2D eigenvalue weighted by Crippen LogP contribution is 2.21. The highest BCUT2D eigenvalue weighted by atomic mass is 127. The van der Waals surface area contributed by atoms with Crippen molar-refractivity contribution in [3.8, 4) is 0 Å². The van der Waals surface area contributed by atoms with Gasteiger partial charge in [0.2, 0.25) is 0 Å². The van der Waals surface area contributed by atoms with Gasteiger partial charge in [-0.1, -0.05) is 31.8 Å². The third kappa shape index (κ3) is 3.10. The molecule has 0 unspecified atom stereocenters. The first kappa shape index (κ1) is 13.1. The molecule has 1 aliphatic carbocycles. The Bertz CT molecular complexity index is 449. The summed E-state index contributed by atoms with van der Waals surface area (Å²) >= 11 is 2.27. The predicted octanol–water partition coefficient (Wildman–Crippen LogP) is 2.73. The zero-order chi connectivity index (χ0) is 12.6. The van der Waals surface area contributed by atoms with Gasteiger partial charge in [-0.05, 0) is 46.7 Å². The molecule has 1 amide bonds. The van der Waals surface area contributed by atoms with Gasteiger partial charge in [0.25, 0.3) is 5.91 Å². The number of rotatable bonds is 3. The van der Waals surface area contributed by atoms with E-state index < -0.39 is 8.07 Å². The Balaban J connectivity index is 2.39. The molecule has 2 nitrogen and oxygen atoms in total. The second-order valence-electron chi connectivity index (χ2n) is 5.66. The summed E-state index contributed by atoms with van der Waals surface area (Å²) in [5.41, 5.74) is 0.916. The quantitative estimate of drug-likeness (QED) is 0.653. The standard InChI is InChI=1S/C13H18INOSi/c1-17(2,3)11-6-4-5-10(14)12(11)13(16)15-9-7-8-9/h4-6,9H,7-8H2,1-3H3,(H,15,16). The molecule has 0 heterocycles. The van der Waals surface area contributed by atoms with Crippen molar-refractivity contribution in [1.82, 2.24) is 5.32 Å². The van der Waals surface area contributed by atoms with Gasteiger partial charge in [0.1, 0.15) is 0 Å². The van der Waals surface area contributed by atoms with Crippen LogP contribution in [0.4, 0.5) is 0 Å². The Kier molecular flexibility index (Phi) is 3.63. The molecule has 1 aromatic rings. The zero-order valence-electron chi connectivity index (χ0n) is 10.5. The van der Waals surface area contributed by atoms with Crippen LogP contribution in [0.2, 0.25) is 19.6 Å². The molecular formula is C13H18INOSi. The Morgan fingerprint density at radius 2 is 2.00 bits per heavy atom. The summed E-state index contributed by atoms with van der Waals surface area (Å²) in [6, 6.07) is 6.62. The van der Waals surface area contributed by atoms with Crippen LogP contribution in [0, 0.1) is 3.57 Å². The summed E-state index contributed by atoms with van der Waals surface area (Å²) in [4.78, 5) is 12.3. The first-order valence-electron chi connectivity index (χ1n) is 5.99. The van der Waals surface area contributed by atoms with Crippen molar-refractivity contribution >= 4 is 41.8 Å². The summed E-state index contributed by atoms with van der Waals surface area (Å²) in [7, 11) is -1.47. The fraction of sp³-hybridized carbons (Fsp3) is 0.462. The number of hydrogen-bond acceptors (Lipinski definition) is 1. The predicted molar refractivity (Wildman–Crippen MR) is 82.6 cm³/mol. The van der Waals surface area contributed by atoms with Crippen LogP contribution in [0.3, 0.4) is 0 Å². The zero-order valence-corrected chi connectivity index (χ0v) is 13.7. The smallest absolute Gasteiger partial charge is 0.252 e. The van der Waals surface area contributed by atoms with E-state index >= 15 is 0 Å². The molecule has 2 rings (SSSR count). The first-order valence-corrected chi connectivity index (χ1v) is 10.6. The Morgan fingerprint density at radius 1 is 1.35 bits per heavy atom. The molecule has 0 spiro atoms. The van der Waals surface area contributed by atoms with Crippen molar-refractivity contribution < 1.29 is 4.79 Å². The van der Waals surface area contributed by atoms with E-state index in [1.807, 2.05) is 6.07 Å². The molecule has 1 aromatic carbocycles. The molecule has 1 saturated carbocycles. The largest absolute Gasteiger partial charge is 0.349 e. The molecule has 0 saturated heterocycles. The summed E-state index contributed by atoms with van der Waals surface area (Å²) in [5, 5.41) is 4.37. The maximum atomic E-state index is 12.3. The van der Waals surface area contributed by atoms with Crippen LogP contribution in [0.15, 0.2) is 18.2 Å². The molecule has 0 atom stereocenters. The summed E-state index contributed by atoms with van der Waals surface area (Å²) in [6.45, 7) is 6.85. The minimum absolute atomic E-state index is 0.120. The van der Waals surface area contributed by atoms with Gasteiger partial charge in [-0.25, -0.2) is 0 Å². The molecule has 0 aromatic heterocycles. The lowest BCUT2D eigenvalue weighted by Gasteiger charge is -2.21. The molecule has 4 heteroatoms. The van der Waals surface area contributed by atoms with Crippen molar-refractivity contribution in [2.75, 3.05) is 0 Å². The van der Waals surface area contributed by atoms with Gasteiger partial charge in [-0.2, -0.15) is 0 Å².